The van der Waals surface area contributed by atoms with Crippen molar-refractivity contribution in [1.29, 1.82) is 0 Å². The molecule has 14 heteroatoms. The summed E-state index contributed by atoms with van der Waals surface area (Å²) in [6.45, 7) is 4.47. The van der Waals surface area contributed by atoms with Gasteiger partial charge in [0.2, 0.25) is 0 Å². The SMILES string of the molecule is CCCc1nc(C(F)(F)F)c(C(=O)OCC)s1.CCOC(=O)C(F)(Cl)C(=O)C(F)F. The van der Waals surface area contributed by atoms with Gasteiger partial charge in [0.1, 0.15) is 4.88 Å². The molecule has 1 unspecified atom stereocenters. The molecule has 1 aromatic rings. The first-order valence-corrected chi connectivity index (χ1v) is 9.54. The number of ketones is 1. The molecular weight excluding hydrogens is 468 g/mol. The van der Waals surface area contributed by atoms with Gasteiger partial charge in [0, 0.05) is 0 Å². The second kappa shape index (κ2) is 12.1. The van der Waals surface area contributed by atoms with Crippen LogP contribution in [-0.4, -0.2) is 47.5 Å². The molecule has 0 aromatic carbocycles. The average Bonchev–Trinajstić information content (AvgIpc) is 3.07. The molecule has 1 rings (SSSR count). The fraction of sp³-hybridized carbons (Fsp3) is 0.625. The van der Waals surface area contributed by atoms with Crippen molar-refractivity contribution in [3.63, 3.8) is 0 Å². The van der Waals surface area contributed by atoms with E-state index in [0.29, 0.717) is 17.8 Å². The Morgan fingerprint density at radius 2 is 1.60 bits per heavy atom. The number of hydrogen-bond acceptors (Lipinski definition) is 7. The fourth-order valence-electron chi connectivity index (χ4n) is 1.67. The van der Waals surface area contributed by atoms with Gasteiger partial charge in [-0.1, -0.05) is 18.5 Å². The monoisotopic (exact) mass is 485 g/mol. The third kappa shape index (κ3) is 8.09. The number of halogens is 7. The van der Waals surface area contributed by atoms with E-state index in [2.05, 4.69) is 26.1 Å². The summed E-state index contributed by atoms with van der Waals surface area (Å²) in [5, 5.41) is -3.48. The van der Waals surface area contributed by atoms with E-state index < -0.39 is 46.0 Å². The molecule has 0 spiro atoms. The molecule has 0 aliphatic rings. The third-order valence-electron chi connectivity index (χ3n) is 2.90. The Bertz CT molecular complexity index is 738. The van der Waals surface area contributed by atoms with Crippen molar-refractivity contribution in [3.05, 3.63) is 15.6 Å². The van der Waals surface area contributed by atoms with Crippen molar-refractivity contribution in [3.8, 4) is 0 Å². The van der Waals surface area contributed by atoms with Gasteiger partial charge in [-0.15, -0.1) is 11.3 Å². The molecule has 1 heterocycles. The fourth-order valence-corrected chi connectivity index (χ4v) is 2.89. The van der Waals surface area contributed by atoms with E-state index in [-0.39, 0.29) is 13.2 Å². The highest BCUT2D eigenvalue weighted by Gasteiger charge is 2.50. The van der Waals surface area contributed by atoms with E-state index in [1.54, 1.807) is 6.92 Å². The van der Waals surface area contributed by atoms with E-state index in [0.717, 1.165) is 11.3 Å². The summed E-state index contributed by atoms with van der Waals surface area (Å²) in [5.74, 6) is -5.09. The second-order valence-corrected chi connectivity index (χ2v) is 6.82. The van der Waals surface area contributed by atoms with Crippen molar-refractivity contribution in [2.24, 2.45) is 0 Å². The lowest BCUT2D eigenvalue weighted by Gasteiger charge is -2.13. The Labute approximate surface area is 176 Å². The minimum atomic E-state index is -4.62. The van der Waals surface area contributed by atoms with Crippen LogP contribution in [0.1, 0.15) is 47.6 Å². The van der Waals surface area contributed by atoms with Gasteiger partial charge >= 0.3 is 29.7 Å². The highest BCUT2D eigenvalue weighted by Crippen LogP contribution is 2.35. The summed E-state index contributed by atoms with van der Waals surface area (Å²) in [6, 6.07) is 0. The van der Waals surface area contributed by atoms with Crippen LogP contribution in [0.3, 0.4) is 0 Å². The van der Waals surface area contributed by atoms with Gasteiger partial charge < -0.3 is 9.47 Å². The zero-order valence-corrected chi connectivity index (χ0v) is 17.5. The molecule has 0 bridgehead atoms. The highest BCUT2D eigenvalue weighted by molar-refractivity contribution is 7.13. The predicted molar refractivity (Wildman–Crippen MR) is 94.4 cm³/mol. The first-order valence-electron chi connectivity index (χ1n) is 8.35. The number of aromatic nitrogens is 1. The molecule has 0 aliphatic carbocycles. The van der Waals surface area contributed by atoms with Gasteiger partial charge in [0.25, 0.3) is 5.78 Å². The van der Waals surface area contributed by atoms with Crippen LogP contribution >= 0.6 is 22.9 Å². The first kappa shape index (κ1) is 28.1. The molecule has 30 heavy (non-hydrogen) atoms. The third-order valence-corrected chi connectivity index (χ3v) is 4.34. The van der Waals surface area contributed by atoms with Crippen molar-refractivity contribution in [1.82, 2.24) is 4.98 Å². The van der Waals surface area contributed by atoms with Gasteiger partial charge in [-0.05, 0) is 26.7 Å². The largest absolute Gasteiger partial charge is 0.462 e. The Kier molecular flexibility index (Phi) is 11.3. The Morgan fingerprint density at radius 1 is 1.07 bits per heavy atom. The summed E-state index contributed by atoms with van der Waals surface area (Å²) in [5.41, 5.74) is -1.13. The molecule has 1 aromatic heterocycles. The number of nitrogens with zero attached hydrogens (tertiary/aromatic N) is 1. The van der Waals surface area contributed by atoms with Crippen molar-refractivity contribution in [2.75, 3.05) is 13.2 Å². The zero-order valence-electron chi connectivity index (χ0n) is 15.9. The summed E-state index contributed by atoms with van der Waals surface area (Å²) >= 11 is 5.39. The van der Waals surface area contributed by atoms with E-state index in [4.69, 9.17) is 0 Å². The maximum atomic E-state index is 12.8. The summed E-state index contributed by atoms with van der Waals surface area (Å²) < 4.78 is 82.5. The van der Waals surface area contributed by atoms with E-state index in [1.165, 1.54) is 6.92 Å². The minimum absolute atomic E-state index is 0.0388. The van der Waals surface area contributed by atoms with Gasteiger partial charge in [0.15, 0.2) is 5.69 Å². The van der Waals surface area contributed by atoms with Crippen LogP contribution in [0.4, 0.5) is 26.3 Å². The van der Waals surface area contributed by atoms with Gasteiger partial charge in [-0.25, -0.2) is 27.7 Å². The highest BCUT2D eigenvalue weighted by atomic mass is 35.5. The number of ether oxygens (including phenoxy) is 2. The van der Waals surface area contributed by atoms with E-state index in [9.17, 15) is 40.7 Å². The van der Waals surface area contributed by atoms with Crippen LogP contribution in [0.5, 0.6) is 0 Å². The lowest BCUT2D eigenvalue weighted by atomic mass is 10.2. The maximum absolute atomic E-state index is 12.8. The molecular formula is C16H18ClF6NO5S. The quantitative estimate of drug-likeness (QED) is 0.232. The molecule has 0 radical (unpaired) electrons. The summed E-state index contributed by atoms with van der Waals surface area (Å²) in [6.07, 6.45) is -7.17. The second-order valence-electron chi connectivity index (χ2n) is 5.21. The standard InChI is InChI=1S/C10H12F3NO2S.C6H6ClF3O3/c1-3-5-6-14-8(10(11,12)13)7(17-6)9(15)16-4-2;1-2-13-5(12)6(7,10)3(11)4(8)9/h3-5H2,1-2H3;4H,2H2,1H3. The molecule has 0 saturated carbocycles. The maximum Gasteiger partial charge on any atom is 0.435 e. The van der Waals surface area contributed by atoms with Gasteiger partial charge in [-0.3, -0.25) is 4.79 Å². The lowest BCUT2D eigenvalue weighted by molar-refractivity contribution is -0.159. The number of esters is 2. The number of rotatable bonds is 8. The summed E-state index contributed by atoms with van der Waals surface area (Å²) in [4.78, 5) is 35.2. The number of thiazole rings is 1. The number of carbonyl (C=O) groups is 3. The smallest absolute Gasteiger partial charge is 0.435 e. The Morgan fingerprint density at radius 3 is 2.00 bits per heavy atom. The average molecular weight is 486 g/mol. The number of aryl methyl sites for hydroxylation is 1. The Balaban J connectivity index is 0.000000584. The first-order chi connectivity index (χ1) is 13.7. The predicted octanol–water partition coefficient (Wildman–Crippen LogP) is 4.58. The van der Waals surface area contributed by atoms with Crippen LogP contribution in [0, 0.1) is 0 Å². The molecule has 0 N–H and O–H groups in total. The number of Topliss-reactive ketones (excluding diaryl/α,β-unsaturated/α-hetero) is 1. The molecule has 0 saturated heterocycles. The van der Waals surface area contributed by atoms with E-state index >= 15 is 0 Å². The summed E-state index contributed by atoms with van der Waals surface area (Å²) in [7, 11) is 0. The molecule has 172 valence electrons. The number of carbonyl (C=O) groups excluding carboxylic acids is 3. The van der Waals surface area contributed by atoms with Crippen LogP contribution in [0.25, 0.3) is 0 Å². The molecule has 0 amide bonds. The molecule has 0 fully saturated rings. The topological polar surface area (TPSA) is 82.6 Å². The van der Waals surface area contributed by atoms with Crippen molar-refractivity contribution < 1.29 is 50.2 Å². The van der Waals surface area contributed by atoms with Crippen LogP contribution in [-0.2, 0) is 31.7 Å². The number of alkyl halides is 7. The zero-order chi connectivity index (χ0) is 23.7. The van der Waals surface area contributed by atoms with Crippen LogP contribution in [0.15, 0.2) is 0 Å². The van der Waals surface area contributed by atoms with Gasteiger partial charge in [-0.2, -0.15) is 13.2 Å². The lowest BCUT2D eigenvalue weighted by Crippen LogP contribution is -2.41. The number of hydrogen-bond donors (Lipinski definition) is 0. The Hall–Kier alpha value is -1.89. The molecule has 6 nitrogen and oxygen atoms in total. The van der Waals surface area contributed by atoms with E-state index in [1.807, 2.05) is 6.92 Å². The van der Waals surface area contributed by atoms with Crippen molar-refractivity contribution in [2.45, 2.75) is 51.3 Å². The molecule has 1 atom stereocenters. The van der Waals surface area contributed by atoms with Crippen LogP contribution < -0.4 is 0 Å². The van der Waals surface area contributed by atoms with Crippen LogP contribution in [0.2, 0.25) is 0 Å². The normalized spacial score (nSPS) is 13.2. The van der Waals surface area contributed by atoms with Crippen molar-refractivity contribution >= 4 is 40.7 Å². The van der Waals surface area contributed by atoms with Gasteiger partial charge in [0.05, 0.1) is 18.2 Å². The minimum Gasteiger partial charge on any atom is -0.462 e. The molecule has 0 aliphatic heterocycles.